The van der Waals surface area contributed by atoms with Gasteiger partial charge in [-0.15, -0.1) is 0 Å². The number of benzene rings is 2. The summed E-state index contributed by atoms with van der Waals surface area (Å²) in [6.07, 6.45) is 5.07. The van der Waals surface area contributed by atoms with Crippen LogP contribution in [0.2, 0.25) is 0 Å². The molecule has 0 amide bonds. The Morgan fingerprint density at radius 2 is 1.68 bits per heavy atom. The van der Waals surface area contributed by atoms with Crippen LogP contribution in [0.4, 0.5) is 17.1 Å². The van der Waals surface area contributed by atoms with E-state index in [4.69, 9.17) is 4.55 Å². The average Bonchev–Trinajstić information content (AvgIpc) is 2.63. The summed E-state index contributed by atoms with van der Waals surface area (Å²) in [5.41, 5.74) is 3.16. The highest BCUT2D eigenvalue weighted by molar-refractivity contribution is 7.79. The Labute approximate surface area is 152 Å². The minimum atomic E-state index is -1.94. The van der Waals surface area contributed by atoms with E-state index in [9.17, 15) is 4.21 Å². The molecule has 1 aliphatic carbocycles. The van der Waals surface area contributed by atoms with Crippen LogP contribution in [0.25, 0.3) is 0 Å². The molecule has 4 nitrogen and oxygen atoms in total. The maximum atomic E-state index is 11.1. The molecule has 2 aromatic carbocycles. The molecule has 1 atom stereocenters. The Kier molecular flexibility index (Phi) is 5.76. The molecule has 2 N–H and O–H groups in total. The zero-order chi connectivity index (χ0) is 17.8. The Balaban J connectivity index is 1.77. The molecule has 2 aromatic rings. The third-order valence-electron chi connectivity index (χ3n) is 5.15. The molecule has 1 unspecified atom stereocenters. The fourth-order valence-corrected chi connectivity index (χ4v) is 3.89. The predicted molar refractivity (Wildman–Crippen MR) is 105 cm³/mol. The van der Waals surface area contributed by atoms with Gasteiger partial charge >= 0.3 is 0 Å². The van der Waals surface area contributed by atoms with Crippen molar-refractivity contribution in [1.82, 2.24) is 0 Å². The molecule has 0 radical (unpaired) electrons. The average molecular weight is 359 g/mol. The van der Waals surface area contributed by atoms with Gasteiger partial charge in [0.05, 0.1) is 16.3 Å². The summed E-state index contributed by atoms with van der Waals surface area (Å²) in [4.78, 5) is 2.80. The van der Waals surface area contributed by atoms with Crippen LogP contribution < -0.4 is 10.2 Å². The summed E-state index contributed by atoms with van der Waals surface area (Å²) >= 11 is -1.94. The molecule has 0 saturated heterocycles. The van der Waals surface area contributed by atoms with Crippen molar-refractivity contribution in [2.24, 2.45) is 5.92 Å². The number of rotatable bonds is 5. The van der Waals surface area contributed by atoms with Gasteiger partial charge in [-0.25, -0.2) is 4.21 Å². The van der Waals surface area contributed by atoms with Gasteiger partial charge < -0.3 is 14.8 Å². The first kappa shape index (κ1) is 18.0. The first-order valence-electron chi connectivity index (χ1n) is 8.84. The van der Waals surface area contributed by atoms with Crippen molar-refractivity contribution >= 4 is 28.1 Å². The minimum absolute atomic E-state index is 0.410. The van der Waals surface area contributed by atoms with Crippen LogP contribution in [0.3, 0.4) is 0 Å². The molecule has 0 bridgehead atoms. The number of nitrogens with one attached hydrogen (secondary N) is 1. The monoisotopic (exact) mass is 358 g/mol. The van der Waals surface area contributed by atoms with Crippen molar-refractivity contribution in [3.63, 3.8) is 0 Å². The van der Waals surface area contributed by atoms with Gasteiger partial charge in [-0.1, -0.05) is 19.1 Å². The van der Waals surface area contributed by atoms with Gasteiger partial charge in [-0.05, 0) is 68.0 Å². The summed E-state index contributed by atoms with van der Waals surface area (Å²) in [5, 5.41) is 3.45. The van der Waals surface area contributed by atoms with Crippen molar-refractivity contribution < 1.29 is 8.76 Å². The van der Waals surface area contributed by atoms with E-state index in [-0.39, 0.29) is 0 Å². The van der Waals surface area contributed by atoms with E-state index in [1.807, 2.05) is 18.2 Å². The second-order valence-electron chi connectivity index (χ2n) is 6.94. The third kappa shape index (κ3) is 4.41. The third-order valence-corrected chi connectivity index (χ3v) is 5.83. The van der Waals surface area contributed by atoms with Crippen molar-refractivity contribution in [3.8, 4) is 0 Å². The molecule has 25 heavy (non-hydrogen) atoms. The van der Waals surface area contributed by atoms with Gasteiger partial charge in [0.25, 0.3) is 0 Å². The van der Waals surface area contributed by atoms with Gasteiger partial charge in [-0.2, -0.15) is 0 Å². The molecule has 1 fully saturated rings. The molecule has 0 heterocycles. The van der Waals surface area contributed by atoms with Gasteiger partial charge in [-0.3, -0.25) is 0 Å². The maximum absolute atomic E-state index is 11.1. The maximum Gasteiger partial charge on any atom is 0.186 e. The lowest BCUT2D eigenvalue weighted by Gasteiger charge is -2.36. The SMILES string of the molecule is CC1CCC(N(C)c2ccccc2Nc2ccc(S(=O)O)cc2)CC1. The van der Waals surface area contributed by atoms with E-state index >= 15 is 0 Å². The first-order valence-corrected chi connectivity index (χ1v) is 9.95. The lowest BCUT2D eigenvalue weighted by Crippen LogP contribution is -2.35. The van der Waals surface area contributed by atoms with Crippen molar-refractivity contribution in [1.29, 1.82) is 0 Å². The largest absolute Gasteiger partial charge is 0.370 e. The molecular weight excluding hydrogens is 332 g/mol. The Morgan fingerprint density at radius 1 is 1.04 bits per heavy atom. The van der Waals surface area contributed by atoms with Crippen LogP contribution in [-0.2, 0) is 11.1 Å². The normalized spacial score (nSPS) is 21.6. The molecule has 5 heteroatoms. The molecule has 0 aromatic heterocycles. The smallest absolute Gasteiger partial charge is 0.186 e. The van der Waals surface area contributed by atoms with E-state index in [1.165, 1.54) is 31.4 Å². The second-order valence-corrected chi connectivity index (χ2v) is 7.91. The Bertz CT molecular complexity index is 725. The topological polar surface area (TPSA) is 52.6 Å². The van der Waals surface area contributed by atoms with Gasteiger partial charge in [0.2, 0.25) is 0 Å². The highest BCUT2D eigenvalue weighted by atomic mass is 32.2. The fraction of sp³-hybridized carbons (Fsp3) is 0.400. The summed E-state index contributed by atoms with van der Waals surface area (Å²) < 4.78 is 20.2. The zero-order valence-corrected chi connectivity index (χ0v) is 15.6. The second kappa shape index (κ2) is 8.02. The van der Waals surface area contributed by atoms with Crippen LogP contribution in [0, 0.1) is 5.92 Å². The number of hydrogen-bond acceptors (Lipinski definition) is 3. The van der Waals surface area contributed by atoms with Gasteiger partial charge in [0.15, 0.2) is 11.1 Å². The minimum Gasteiger partial charge on any atom is -0.370 e. The molecule has 0 spiro atoms. The number of para-hydroxylation sites is 2. The van der Waals surface area contributed by atoms with E-state index in [1.54, 1.807) is 12.1 Å². The van der Waals surface area contributed by atoms with E-state index in [2.05, 4.69) is 42.4 Å². The Hall–Kier alpha value is -1.85. The van der Waals surface area contributed by atoms with Gasteiger partial charge in [0, 0.05) is 18.8 Å². The lowest BCUT2D eigenvalue weighted by atomic mass is 9.86. The van der Waals surface area contributed by atoms with Crippen LogP contribution in [0.5, 0.6) is 0 Å². The number of nitrogens with zero attached hydrogens (tertiary/aromatic N) is 1. The molecule has 134 valence electrons. The fourth-order valence-electron chi connectivity index (χ4n) is 3.52. The highest BCUT2D eigenvalue weighted by Gasteiger charge is 2.23. The first-order chi connectivity index (χ1) is 12.0. The molecule has 1 aliphatic rings. The molecule has 3 rings (SSSR count). The number of hydrogen-bond donors (Lipinski definition) is 2. The number of anilines is 3. The zero-order valence-electron chi connectivity index (χ0n) is 14.8. The van der Waals surface area contributed by atoms with Crippen LogP contribution in [-0.4, -0.2) is 21.9 Å². The molecule has 0 aliphatic heterocycles. The van der Waals surface area contributed by atoms with E-state index < -0.39 is 11.1 Å². The molecular formula is C20H26N2O2S. The van der Waals surface area contributed by atoms with Crippen molar-refractivity contribution in [2.45, 2.75) is 43.5 Å². The van der Waals surface area contributed by atoms with Crippen LogP contribution >= 0.6 is 0 Å². The summed E-state index contributed by atoms with van der Waals surface area (Å²) in [6.45, 7) is 2.34. The predicted octanol–water partition coefficient (Wildman–Crippen LogP) is 5.03. The van der Waals surface area contributed by atoms with Crippen LogP contribution in [0.1, 0.15) is 32.6 Å². The standard InChI is InChI=1S/C20H26N2O2S/c1-15-7-11-17(12-8-15)22(2)20-6-4-3-5-19(20)21-16-9-13-18(14-10-16)25(23)24/h3-6,9-10,13-15,17,21H,7-8,11-12H2,1-2H3,(H,23,24). The van der Waals surface area contributed by atoms with E-state index in [0.717, 1.165) is 17.3 Å². The highest BCUT2D eigenvalue weighted by Crippen LogP contribution is 2.34. The summed E-state index contributed by atoms with van der Waals surface area (Å²) in [6, 6.07) is 15.9. The van der Waals surface area contributed by atoms with Crippen molar-refractivity contribution in [2.75, 3.05) is 17.3 Å². The van der Waals surface area contributed by atoms with Crippen LogP contribution in [0.15, 0.2) is 53.4 Å². The summed E-state index contributed by atoms with van der Waals surface area (Å²) in [7, 11) is 2.18. The van der Waals surface area contributed by atoms with E-state index in [0.29, 0.717) is 10.9 Å². The lowest BCUT2D eigenvalue weighted by molar-refractivity contribution is 0.341. The quantitative estimate of drug-likeness (QED) is 0.737. The Morgan fingerprint density at radius 3 is 2.32 bits per heavy atom. The van der Waals surface area contributed by atoms with Gasteiger partial charge in [0.1, 0.15) is 0 Å². The summed E-state index contributed by atoms with van der Waals surface area (Å²) in [5.74, 6) is 0.841. The van der Waals surface area contributed by atoms with Crippen molar-refractivity contribution in [3.05, 3.63) is 48.5 Å². The molecule has 1 saturated carbocycles.